The molecule has 2 aromatic carbocycles. The molecule has 0 saturated heterocycles. The Morgan fingerprint density at radius 2 is 1.70 bits per heavy atom. The first kappa shape index (κ1) is 18.3. The number of carbonyl (C=O) groups excluding carboxylic acids is 2. The predicted molar refractivity (Wildman–Crippen MR) is 107 cm³/mol. The van der Waals surface area contributed by atoms with Gasteiger partial charge in [0.25, 0.3) is 5.91 Å². The SMILES string of the molecule is CC(=O)c1ccc(NC(=O)c2cc(NCc3ccccc3C)ccn2)cc1. The summed E-state index contributed by atoms with van der Waals surface area (Å²) in [6.45, 7) is 4.25. The van der Waals surface area contributed by atoms with Crippen LogP contribution in [0.2, 0.25) is 0 Å². The van der Waals surface area contributed by atoms with E-state index in [4.69, 9.17) is 0 Å². The number of hydrogen-bond donors (Lipinski definition) is 2. The lowest BCUT2D eigenvalue weighted by Crippen LogP contribution is -2.14. The number of nitrogens with one attached hydrogen (secondary N) is 2. The van der Waals surface area contributed by atoms with Crippen LogP contribution >= 0.6 is 0 Å². The van der Waals surface area contributed by atoms with Crippen molar-refractivity contribution in [1.82, 2.24) is 4.98 Å². The van der Waals surface area contributed by atoms with Crippen molar-refractivity contribution in [2.75, 3.05) is 10.6 Å². The van der Waals surface area contributed by atoms with Crippen molar-refractivity contribution in [3.8, 4) is 0 Å². The first-order chi connectivity index (χ1) is 13.0. The molecule has 5 nitrogen and oxygen atoms in total. The quantitative estimate of drug-likeness (QED) is 0.638. The number of Topliss-reactive ketones (excluding diaryl/α,β-unsaturated/α-hetero) is 1. The molecular formula is C22H21N3O2. The number of ketones is 1. The number of aromatic nitrogens is 1. The van der Waals surface area contributed by atoms with E-state index in [2.05, 4.69) is 34.7 Å². The van der Waals surface area contributed by atoms with E-state index in [0.29, 0.717) is 23.5 Å². The summed E-state index contributed by atoms with van der Waals surface area (Å²) in [5.41, 5.74) is 4.78. The molecule has 27 heavy (non-hydrogen) atoms. The van der Waals surface area contributed by atoms with Gasteiger partial charge >= 0.3 is 0 Å². The molecular weight excluding hydrogens is 338 g/mol. The van der Waals surface area contributed by atoms with Crippen LogP contribution in [0.1, 0.15) is 38.9 Å². The van der Waals surface area contributed by atoms with Gasteiger partial charge in [-0.3, -0.25) is 14.6 Å². The van der Waals surface area contributed by atoms with Crippen molar-refractivity contribution in [1.29, 1.82) is 0 Å². The summed E-state index contributed by atoms with van der Waals surface area (Å²) >= 11 is 0. The summed E-state index contributed by atoms with van der Waals surface area (Å²) in [5, 5.41) is 6.12. The highest BCUT2D eigenvalue weighted by atomic mass is 16.2. The number of carbonyl (C=O) groups is 2. The molecule has 3 aromatic rings. The highest BCUT2D eigenvalue weighted by molar-refractivity contribution is 6.03. The van der Waals surface area contributed by atoms with Crippen LogP contribution in [-0.4, -0.2) is 16.7 Å². The van der Waals surface area contributed by atoms with Crippen LogP contribution in [0.4, 0.5) is 11.4 Å². The largest absolute Gasteiger partial charge is 0.381 e. The van der Waals surface area contributed by atoms with E-state index >= 15 is 0 Å². The third-order valence-electron chi connectivity index (χ3n) is 4.29. The minimum absolute atomic E-state index is 0.0121. The first-order valence-corrected chi connectivity index (χ1v) is 8.70. The Morgan fingerprint density at radius 1 is 0.963 bits per heavy atom. The van der Waals surface area contributed by atoms with E-state index in [0.717, 1.165) is 5.69 Å². The highest BCUT2D eigenvalue weighted by Crippen LogP contribution is 2.15. The zero-order chi connectivity index (χ0) is 19.2. The molecule has 0 atom stereocenters. The second-order valence-electron chi connectivity index (χ2n) is 6.30. The van der Waals surface area contributed by atoms with Gasteiger partial charge in [0.15, 0.2) is 5.78 Å². The molecule has 1 heterocycles. The van der Waals surface area contributed by atoms with Crippen molar-refractivity contribution in [2.24, 2.45) is 0 Å². The normalized spacial score (nSPS) is 10.3. The summed E-state index contributed by atoms with van der Waals surface area (Å²) in [6.07, 6.45) is 1.61. The molecule has 5 heteroatoms. The Bertz CT molecular complexity index is 965. The van der Waals surface area contributed by atoms with Gasteiger partial charge in [-0.05, 0) is 61.4 Å². The number of benzene rings is 2. The first-order valence-electron chi connectivity index (χ1n) is 8.70. The van der Waals surface area contributed by atoms with E-state index in [1.165, 1.54) is 18.1 Å². The van der Waals surface area contributed by atoms with E-state index in [1.54, 1.807) is 36.5 Å². The molecule has 0 unspecified atom stereocenters. The van der Waals surface area contributed by atoms with Crippen molar-refractivity contribution >= 4 is 23.1 Å². The molecule has 0 bridgehead atoms. The molecule has 1 aromatic heterocycles. The van der Waals surface area contributed by atoms with Gasteiger partial charge < -0.3 is 10.6 Å². The molecule has 0 saturated carbocycles. The Labute approximate surface area is 158 Å². The Hall–Kier alpha value is -3.47. The Morgan fingerprint density at radius 3 is 2.41 bits per heavy atom. The van der Waals surface area contributed by atoms with Crippen LogP contribution in [-0.2, 0) is 6.54 Å². The predicted octanol–water partition coefficient (Wildman–Crippen LogP) is 4.46. The molecule has 0 aliphatic rings. The summed E-state index contributed by atoms with van der Waals surface area (Å²) in [5.74, 6) is -0.313. The van der Waals surface area contributed by atoms with Gasteiger partial charge in [0, 0.05) is 29.7 Å². The molecule has 1 amide bonds. The maximum Gasteiger partial charge on any atom is 0.274 e. The van der Waals surface area contributed by atoms with Gasteiger partial charge in [0.05, 0.1) is 0 Å². The lowest BCUT2D eigenvalue weighted by atomic mass is 10.1. The molecule has 3 rings (SSSR count). The third kappa shape index (κ3) is 4.79. The maximum atomic E-state index is 12.4. The standard InChI is InChI=1S/C22H21N3O2/c1-15-5-3-4-6-18(15)14-24-20-11-12-23-21(13-20)22(27)25-19-9-7-17(8-10-19)16(2)26/h3-13H,14H2,1-2H3,(H,23,24)(H,25,27). The fourth-order valence-electron chi connectivity index (χ4n) is 2.65. The average Bonchev–Trinajstić information content (AvgIpc) is 2.68. The van der Waals surface area contributed by atoms with Gasteiger partial charge in [-0.25, -0.2) is 0 Å². The fourth-order valence-corrected chi connectivity index (χ4v) is 2.65. The Balaban J connectivity index is 1.66. The van der Waals surface area contributed by atoms with Gasteiger partial charge in [-0.15, -0.1) is 0 Å². The molecule has 0 aliphatic heterocycles. The lowest BCUT2D eigenvalue weighted by molar-refractivity contribution is 0.101. The minimum atomic E-state index is -0.301. The van der Waals surface area contributed by atoms with Crippen molar-refractivity contribution in [2.45, 2.75) is 20.4 Å². The van der Waals surface area contributed by atoms with E-state index in [9.17, 15) is 9.59 Å². The second kappa shape index (κ2) is 8.27. The van der Waals surface area contributed by atoms with Crippen molar-refractivity contribution in [3.63, 3.8) is 0 Å². The number of hydrogen-bond acceptors (Lipinski definition) is 4. The average molecular weight is 359 g/mol. The Kier molecular flexibility index (Phi) is 5.61. The number of aryl methyl sites for hydroxylation is 1. The van der Waals surface area contributed by atoms with Gasteiger partial charge in [0.2, 0.25) is 0 Å². The number of rotatable bonds is 6. The summed E-state index contributed by atoms with van der Waals surface area (Å²) in [7, 11) is 0. The van der Waals surface area contributed by atoms with Crippen LogP contribution < -0.4 is 10.6 Å². The van der Waals surface area contributed by atoms with Gasteiger partial charge in [-0.1, -0.05) is 24.3 Å². The van der Waals surface area contributed by atoms with E-state index in [1.807, 2.05) is 18.2 Å². The van der Waals surface area contributed by atoms with E-state index < -0.39 is 0 Å². The van der Waals surface area contributed by atoms with Crippen molar-refractivity contribution < 1.29 is 9.59 Å². The number of amides is 1. The van der Waals surface area contributed by atoms with Crippen LogP contribution in [0.5, 0.6) is 0 Å². The zero-order valence-electron chi connectivity index (χ0n) is 15.3. The van der Waals surface area contributed by atoms with Crippen LogP contribution in [0.25, 0.3) is 0 Å². The minimum Gasteiger partial charge on any atom is -0.381 e. The monoisotopic (exact) mass is 359 g/mol. The summed E-state index contributed by atoms with van der Waals surface area (Å²) in [4.78, 5) is 27.9. The number of nitrogens with zero attached hydrogens (tertiary/aromatic N) is 1. The highest BCUT2D eigenvalue weighted by Gasteiger charge is 2.09. The summed E-state index contributed by atoms with van der Waals surface area (Å²) in [6, 6.07) is 18.5. The van der Waals surface area contributed by atoms with Crippen LogP contribution in [0.15, 0.2) is 66.9 Å². The molecule has 2 N–H and O–H groups in total. The van der Waals surface area contributed by atoms with Gasteiger partial charge in [-0.2, -0.15) is 0 Å². The number of anilines is 2. The van der Waals surface area contributed by atoms with Crippen LogP contribution in [0.3, 0.4) is 0 Å². The number of pyridine rings is 1. The molecule has 0 aliphatic carbocycles. The van der Waals surface area contributed by atoms with E-state index in [-0.39, 0.29) is 11.7 Å². The topological polar surface area (TPSA) is 71.1 Å². The molecule has 0 spiro atoms. The molecule has 0 fully saturated rings. The van der Waals surface area contributed by atoms with Gasteiger partial charge in [0.1, 0.15) is 5.69 Å². The lowest BCUT2D eigenvalue weighted by Gasteiger charge is -2.10. The third-order valence-corrected chi connectivity index (χ3v) is 4.29. The summed E-state index contributed by atoms with van der Waals surface area (Å²) < 4.78 is 0. The molecule has 136 valence electrons. The van der Waals surface area contributed by atoms with Crippen LogP contribution in [0, 0.1) is 6.92 Å². The smallest absolute Gasteiger partial charge is 0.274 e. The fraction of sp³-hybridized carbons (Fsp3) is 0.136. The maximum absolute atomic E-state index is 12.4. The van der Waals surface area contributed by atoms with Crippen molar-refractivity contribution in [3.05, 3.63) is 89.2 Å². The second-order valence-corrected chi connectivity index (χ2v) is 6.30. The zero-order valence-corrected chi connectivity index (χ0v) is 15.3. The molecule has 0 radical (unpaired) electrons.